The van der Waals surface area contributed by atoms with E-state index in [-0.39, 0.29) is 51.3 Å². The number of thiazole rings is 1. The lowest BCUT2D eigenvalue weighted by Gasteiger charge is -2.49. The maximum Gasteiger partial charge on any atom is 0.352 e. The van der Waals surface area contributed by atoms with Crippen molar-refractivity contribution in [1.82, 2.24) is 30.0 Å². The number of carbonyl (C=O) groups is 3. The standard InChI is InChI=1S/C24H22N8O8S3/c1-31-24(28-18(35)19(36)29-31)43-8-11-7-41-21-15(20(37)32(21)16(11)22(38)39)27-17(34)14(13-9-42-23(25)26-13)30-40-6-10-2-4-12(33)5-3-10/h2-5,9,15,21,33H,6-8H2,1H3,(H2,25,26)(H,27,34)(H,29,36)(H,38,39)/t15-,21+/m1/s1. The highest BCUT2D eigenvalue weighted by atomic mass is 32.2. The smallest absolute Gasteiger partial charge is 0.352 e. The zero-order valence-electron chi connectivity index (χ0n) is 22.0. The van der Waals surface area contributed by atoms with Gasteiger partial charge in [0.05, 0.1) is 0 Å². The first kappa shape index (κ1) is 29.9. The van der Waals surface area contributed by atoms with Crippen LogP contribution < -0.4 is 22.2 Å². The highest BCUT2D eigenvalue weighted by Gasteiger charge is 2.54. The highest BCUT2D eigenvalue weighted by Crippen LogP contribution is 2.41. The number of phenolic OH excluding ortho intramolecular Hbond substituents is 1. The number of anilines is 1. The van der Waals surface area contributed by atoms with Crippen LogP contribution in [0.25, 0.3) is 0 Å². The van der Waals surface area contributed by atoms with Crippen LogP contribution in [0.4, 0.5) is 5.13 Å². The van der Waals surface area contributed by atoms with Crippen molar-refractivity contribution >= 4 is 63.5 Å². The van der Waals surface area contributed by atoms with E-state index in [1.807, 2.05) is 0 Å². The average molecular weight is 647 g/mol. The number of nitrogens with zero attached hydrogens (tertiary/aromatic N) is 5. The molecule has 2 aliphatic rings. The molecule has 3 aromatic rings. The number of aryl methyl sites for hydroxylation is 1. The molecule has 2 aliphatic heterocycles. The molecule has 0 unspecified atom stereocenters. The first-order chi connectivity index (χ1) is 20.5. The van der Waals surface area contributed by atoms with Crippen LogP contribution in [0.1, 0.15) is 11.3 Å². The Morgan fingerprint density at radius 2 is 2.00 bits per heavy atom. The molecule has 16 nitrogen and oxygen atoms in total. The lowest BCUT2D eigenvalue weighted by Crippen LogP contribution is -2.71. The predicted octanol–water partition coefficient (Wildman–Crippen LogP) is -0.335. The van der Waals surface area contributed by atoms with Crippen LogP contribution in [0.2, 0.25) is 0 Å². The molecule has 1 aromatic carbocycles. The van der Waals surface area contributed by atoms with Gasteiger partial charge in [-0.05, 0) is 23.3 Å². The number of amides is 2. The first-order valence-corrected chi connectivity index (χ1v) is 15.1. The maximum absolute atomic E-state index is 13.3. The van der Waals surface area contributed by atoms with Gasteiger partial charge in [0.15, 0.2) is 16.0 Å². The van der Waals surface area contributed by atoms with E-state index in [9.17, 15) is 34.2 Å². The van der Waals surface area contributed by atoms with E-state index in [1.54, 1.807) is 12.1 Å². The number of oxime groups is 1. The summed E-state index contributed by atoms with van der Waals surface area (Å²) in [6.45, 7) is -0.0262. The summed E-state index contributed by atoms with van der Waals surface area (Å²) in [4.78, 5) is 76.0. The number of nitrogens with two attached hydrogens (primary N) is 1. The molecular formula is C24H22N8O8S3. The van der Waals surface area contributed by atoms with Crippen molar-refractivity contribution in [3.8, 4) is 5.75 Å². The largest absolute Gasteiger partial charge is 0.508 e. The average Bonchev–Trinajstić information content (AvgIpc) is 3.40. The number of thioether (sulfide) groups is 2. The number of H-pyrrole nitrogens is 1. The van der Waals surface area contributed by atoms with Gasteiger partial charge in [0.25, 0.3) is 11.8 Å². The second kappa shape index (κ2) is 12.3. The number of nitrogens with one attached hydrogen (secondary N) is 2. The van der Waals surface area contributed by atoms with E-state index in [0.717, 1.165) is 28.0 Å². The molecule has 5 rings (SSSR count). The summed E-state index contributed by atoms with van der Waals surface area (Å²) in [5, 5.41) is 29.4. The van der Waals surface area contributed by atoms with Gasteiger partial charge < -0.3 is 26.1 Å². The number of rotatable bonds is 10. The quantitative estimate of drug-likeness (QED) is 0.0624. The van der Waals surface area contributed by atoms with Crippen molar-refractivity contribution < 1.29 is 29.4 Å². The lowest BCUT2D eigenvalue weighted by atomic mass is 10.0. The SMILES string of the molecule is Cn1[nH]c(=O)c(=O)nc1SCC1=C(C(=O)O)N2C(=O)[C@@H](NC(=O)C(=NOCc3ccc(O)cc3)c3csc(N)n3)[C@@H]2SC1. The summed E-state index contributed by atoms with van der Waals surface area (Å²) in [5.41, 5.74) is 4.61. The Hall–Kier alpha value is -4.62. The Bertz CT molecular complexity index is 1780. The van der Waals surface area contributed by atoms with Crippen molar-refractivity contribution in [2.24, 2.45) is 12.2 Å². The number of aliphatic carboxylic acids is 1. The topological polar surface area (TPSA) is 235 Å². The number of nitrogen functional groups attached to an aromatic ring is 1. The van der Waals surface area contributed by atoms with Crippen LogP contribution in [0.3, 0.4) is 0 Å². The van der Waals surface area contributed by atoms with Crippen LogP contribution >= 0.6 is 34.9 Å². The van der Waals surface area contributed by atoms with Crippen LogP contribution in [0, 0.1) is 0 Å². The molecule has 1 fully saturated rings. The van der Waals surface area contributed by atoms with Gasteiger partial charge in [0.2, 0.25) is 0 Å². The van der Waals surface area contributed by atoms with Gasteiger partial charge in [-0.1, -0.05) is 29.1 Å². The first-order valence-electron chi connectivity index (χ1n) is 12.2. The zero-order chi connectivity index (χ0) is 30.8. The number of carboxylic acids is 1. The second-order valence-electron chi connectivity index (χ2n) is 9.06. The summed E-state index contributed by atoms with van der Waals surface area (Å²) in [7, 11) is 1.48. The molecule has 43 heavy (non-hydrogen) atoms. The molecule has 0 radical (unpaired) electrons. The van der Waals surface area contributed by atoms with Crippen molar-refractivity contribution in [3.05, 3.63) is 72.9 Å². The van der Waals surface area contributed by atoms with Crippen LogP contribution in [-0.4, -0.2) is 81.3 Å². The van der Waals surface area contributed by atoms with Crippen molar-refractivity contribution in [3.63, 3.8) is 0 Å². The molecule has 0 spiro atoms. The second-order valence-corrected chi connectivity index (χ2v) is 12.0. The number of aromatic amines is 1. The number of phenols is 1. The minimum absolute atomic E-state index is 0.0262. The van der Waals surface area contributed by atoms with Gasteiger partial charge in [-0.3, -0.25) is 33.9 Å². The molecule has 224 valence electrons. The van der Waals surface area contributed by atoms with E-state index in [0.29, 0.717) is 11.1 Å². The number of carboxylic acid groups (broad SMARTS) is 1. The summed E-state index contributed by atoms with van der Waals surface area (Å²) in [6.07, 6.45) is 0. The number of fused-ring (bicyclic) bond motifs is 1. The van der Waals surface area contributed by atoms with Crippen molar-refractivity contribution in [1.29, 1.82) is 0 Å². The monoisotopic (exact) mass is 646 g/mol. The molecule has 0 bridgehead atoms. The van der Waals surface area contributed by atoms with Crippen LogP contribution in [-0.2, 0) is 32.9 Å². The number of aromatic nitrogens is 4. The fraction of sp³-hybridized carbons (Fsp3) is 0.250. The number of hydrogen-bond donors (Lipinski definition) is 5. The van der Waals surface area contributed by atoms with E-state index in [1.165, 1.54) is 41.0 Å². The minimum atomic E-state index is -1.33. The Kier molecular flexibility index (Phi) is 8.55. The van der Waals surface area contributed by atoms with Gasteiger partial charge in [0.1, 0.15) is 35.2 Å². The van der Waals surface area contributed by atoms with Gasteiger partial charge in [-0.15, -0.1) is 23.1 Å². The maximum atomic E-state index is 13.3. The fourth-order valence-corrected chi connectivity index (χ4v) is 7.06. The number of benzene rings is 1. The van der Waals surface area contributed by atoms with Crippen LogP contribution in [0.15, 0.2) is 60.8 Å². The molecule has 0 aliphatic carbocycles. The molecule has 19 heteroatoms. The van der Waals surface area contributed by atoms with Crippen molar-refractivity contribution in [2.75, 3.05) is 17.2 Å². The third-order valence-electron chi connectivity index (χ3n) is 6.16. The highest BCUT2D eigenvalue weighted by molar-refractivity contribution is 8.01. The third-order valence-corrected chi connectivity index (χ3v) is 9.29. The summed E-state index contributed by atoms with van der Waals surface area (Å²) < 4.78 is 1.25. The zero-order valence-corrected chi connectivity index (χ0v) is 24.5. The molecule has 6 N–H and O–H groups in total. The molecule has 2 amide bonds. The van der Waals surface area contributed by atoms with Gasteiger partial charge in [0, 0.05) is 23.9 Å². The third kappa shape index (κ3) is 6.27. The molecule has 2 aromatic heterocycles. The Morgan fingerprint density at radius 1 is 1.26 bits per heavy atom. The van der Waals surface area contributed by atoms with Crippen molar-refractivity contribution in [2.45, 2.75) is 23.2 Å². The van der Waals surface area contributed by atoms with E-state index >= 15 is 0 Å². The van der Waals surface area contributed by atoms with E-state index < -0.39 is 40.3 Å². The molecule has 4 heterocycles. The lowest BCUT2D eigenvalue weighted by molar-refractivity contribution is -0.150. The number of hydrogen-bond acceptors (Lipinski definition) is 14. The van der Waals surface area contributed by atoms with Gasteiger partial charge in [-0.25, -0.2) is 9.78 Å². The summed E-state index contributed by atoms with van der Waals surface area (Å²) in [6, 6.07) is 5.12. The molecule has 1 saturated heterocycles. The Labute approximate surface area is 253 Å². The molecular weight excluding hydrogens is 625 g/mol. The van der Waals surface area contributed by atoms with Gasteiger partial charge in [-0.2, -0.15) is 4.98 Å². The van der Waals surface area contributed by atoms with Crippen LogP contribution in [0.5, 0.6) is 5.75 Å². The van der Waals surface area contributed by atoms with E-state index in [2.05, 4.69) is 25.5 Å². The molecule has 2 atom stereocenters. The number of β-lactam (4-membered cyclic amide) rings is 1. The Morgan fingerprint density at radius 3 is 2.67 bits per heavy atom. The predicted molar refractivity (Wildman–Crippen MR) is 156 cm³/mol. The summed E-state index contributed by atoms with van der Waals surface area (Å²) >= 11 is 3.36. The molecule has 0 saturated carbocycles. The number of carbonyl (C=O) groups excluding carboxylic acids is 2. The summed E-state index contributed by atoms with van der Waals surface area (Å²) in [5.74, 6) is -2.37. The van der Waals surface area contributed by atoms with E-state index in [4.69, 9.17) is 10.6 Å². The van der Waals surface area contributed by atoms with Gasteiger partial charge >= 0.3 is 17.1 Å². The fourth-order valence-electron chi connectivity index (χ4n) is 4.11. The normalized spacial score (nSPS) is 18.2. The minimum Gasteiger partial charge on any atom is -0.508 e. The number of aromatic hydroxyl groups is 1. The Balaban J connectivity index is 1.30.